The summed E-state index contributed by atoms with van der Waals surface area (Å²) in [5.74, 6) is 2.83. The molecule has 1 aliphatic rings. The molecule has 140 valence electrons. The summed E-state index contributed by atoms with van der Waals surface area (Å²) in [6, 6.07) is 5.98. The van der Waals surface area contributed by atoms with Gasteiger partial charge in [-0.05, 0) is 31.5 Å². The first-order chi connectivity index (χ1) is 12.2. The van der Waals surface area contributed by atoms with Gasteiger partial charge in [-0.15, -0.1) is 0 Å². The van der Waals surface area contributed by atoms with Crippen molar-refractivity contribution in [3.8, 4) is 11.5 Å². The summed E-state index contributed by atoms with van der Waals surface area (Å²) in [6.07, 6.45) is 1.07. The molecule has 25 heavy (non-hydrogen) atoms. The van der Waals surface area contributed by atoms with Crippen LogP contribution in [0.25, 0.3) is 0 Å². The molecule has 1 N–H and O–H groups in total. The molecule has 0 saturated carbocycles. The van der Waals surface area contributed by atoms with Gasteiger partial charge in [0.15, 0.2) is 5.96 Å². The molecule has 0 unspecified atom stereocenters. The van der Waals surface area contributed by atoms with Gasteiger partial charge in [-0.25, -0.2) is 0 Å². The maximum Gasteiger partial charge on any atom is 0.194 e. The van der Waals surface area contributed by atoms with Gasteiger partial charge in [0, 0.05) is 51.4 Å². The Labute approximate surface area is 151 Å². The number of rotatable bonds is 7. The molecule has 0 aliphatic carbocycles. The van der Waals surface area contributed by atoms with E-state index < -0.39 is 0 Å². The Balaban J connectivity index is 1.96. The van der Waals surface area contributed by atoms with Crippen molar-refractivity contribution in [2.24, 2.45) is 4.99 Å². The molecule has 0 amide bonds. The van der Waals surface area contributed by atoms with Crippen molar-refractivity contribution in [3.05, 3.63) is 23.8 Å². The predicted octanol–water partition coefficient (Wildman–Crippen LogP) is 2.20. The number of guanidine groups is 1. The summed E-state index contributed by atoms with van der Waals surface area (Å²) in [5.41, 5.74) is 1.17. The summed E-state index contributed by atoms with van der Waals surface area (Å²) in [6.45, 7) is 10.9. The van der Waals surface area contributed by atoms with E-state index in [0.717, 1.165) is 69.7 Å². The number of nitrogens with one attached hydrogen (secondary N) is 1. The van der Waals surface area contributed by atoms with Crippen LogP contribution in [0.15, 0.2) is 23.2 Å². The van der Waals surface area contributed by atoms with E-state index in [1.54, 1.807) is 14.2 Å². The van der Waals surface area contributed by atoms with Crippen LogP contribution < -0.4 is 14.8 Å². The van der Waals surface area contributed by atoms with Crippen molar-refractivity contribution in [2.45, 2.75) is 26.8 Å². The lowest BCUT2D eigenvalue weighted by Gasteiger charge is -2.36. The molecule has 1 saturated heterocycles. The average Bonchev–Trinajstić information content (AvgIpc) is 2.65. The molecule has 1 aliphatic heterocycles. The summed E-state index contributed by atoms with van der Waals surface area (Å²) in [7, 11) is 3.42. The minimum atomic E-state index is 0.871. The van der Waals surface area contributed by atoms with Crippen molar-refractivity contribution in [1.29, 1.82) is 0 Å². The molecule has 0 bridgehead atoms. The monoisotopic (exact) mass is 348 g/mol. The van der Waals surface area contributed by atoms with E-state index in [1.165, 1.54) is 5.56 Å². The smallest absolute Gasteiger partial charge is 0.194 e. The van der Waals surface area contributed by atoms with Gasteiger partial charge in [-0.3, -0.25) is 9.89 Å². The maximum atomic E-state index is 5.50. The van der Waals surface area contributed by atoms with E-state index in [0.29, 0.717) is 0 Å². The molecule has 0 radical (unpaired) electrons. The van der Waals surface area contributed by atoms with Gasteiger partial charge in [-0.1, -0.05) is 6.92 Å². The van der Waals surface area contributed by atoms with Crippen LogP contribution >= 0.6 is 0 Å². The molecule has 1 heterocycles. The van der Waals surface area contributed by atoms with E-state index in [-0.39, 0.29) is 0 Å². The zero-order valence-electron chi connectivity index (χ0n) is 16.0. The van der Waals surface area contributed by atoms with E-state index in [2.05, 4.69) is 35.0 Å². The fourth-order valence-corrected chi connectivity index (χ4v) is 3.01. The summed E-state index contributed by atoms with van der Waals surface area (Å²) < 4.78 is 10.9. The molecule has 1 aromatic carbocycles. The molecule has 0 aromatic heterocycles. The zero-order chi connectivity index (χ0) is 18.1. The topological polar surface area (TPSA) is 49.3 Å². The highest BCUT2D eigenvalue weighted by Gasteiger charge is 2.20. The first-order valence-electron chi connectivity index (χ1n) is 9.18. The third-order valence-corrected chi connectivity index (χ3v) is 4.37. The highest BCUT2D eigenvalue weighted by molar-refractivity contribution is 5.80. The van der Waals surface area contributed by atoms with Crippen molar-refractivity contribution < 1.29 is 9.47 Å². The van der Waals surface area contributed by atoms with Crippen LogP contribution in [-0.4, -0.2) is 69.2 Å². The number of methoxy groups -OCH3 is 2. The number of piperazine rings is 1. The van der Waals surface area contributed by atoms with Gasteiger partial charge in [0.1, 0.15) is 11.5 Å². The maximum absolute atomic E-state index is 5.50. The number of nitrogens with zero attached hydrogens (tertiary/aromatic N) is 3. The molecular formula is C19H32N4O2. The number of aliphatic imine (C=N–C) groups is 1. The predicted molar refractivity (Wildman–Crippen MR) is 103 cm³/mol. The fraction of sp³-hybridized carbons (Fsp3) is 0.632. The van der Waals surface area contributed by atoms with Crippen molar-refractivity contribution in [2.75, 3.05) is 53.5 Å². The third kappa shape index (κ3) is 5.53. The average molecular weight is 348 g/mol. The Morgan fingerprint density at radius 3 is 2.48 bits per heavy atom. The van der Waals surface area contributed by atoms with Gasteiger partial charge in [0.05, 0.1) is 14.2 Å². The van der Waals surface area contributed by atoms with E-state index >= 15 is 0 Å². The lowest BCUT2D eigenvalue weighted by molar-refractivity contribution is 0.171. The van der Waals surface area contributed by atoms with Crippen LogP contribution in [0, 0.1) is 0 Å². The van der Waals surface area contributed by atoms with E-state index in [9.17, 15) is 0 Å². The van der Waals surface area contributed by atoms with Gasteiger partial charge in [0.2, 0.25) is 0 Å². The Kier molecular flexibility index (Phi) is 7.85. The second kappa shape index (κ2) is 10.1. The summed E-state index contributed by atoms with van der Waals surface area (Å²) in [5, 5.41) is 3.41. The zero-order valence-corrected chi connectivity index (χ0v) is 16.0. The second-order valence-corrected chi connectivity index (χ2v) is 6.18. The van der Waals surface area contributed by atoms with Crippen molar-refractivity contribution >= 4 is 5.96 Å². The van der Waals surface area contributed by atoms with Gasteiger partial charge in [0.25, 0.3) is 0 Å². The summed E-state index contributed by atoms with van der Waals surface area (Å²) >= 11 is 0. The second-order valence-electron chi connectivity index (χ2n) is 6.18. The molecule has 6 nitrogen and oxygen atoms in total. The lowest BCUT2D eigenvalue weighted by atomic mass is 10.1. The SMILES string of the molecule is CCCN=C(NCC)N1CCN(Cc2cc(OC)ccc2OC)CC1. The Hall–Kier alpha value is -1.95. The molecule has 2 rings (SSSR count). The highest BCUT2D eigenvalue weighted by atomic mass is 16.5. The number of hydrogen-bond acceptors (Lipinski definition) is 4. The third-order valence-electron chi connectivity index (χ3n) is 4.37. The van der Waals surface area contributed by atoms with Crippen LogP contribution in [0.4, 0.5) is 0 Å². The minimum absolute atomic E-state index is 0.871. The fourth-order valence-electron chi connectivity index (χ4n) is 3.01. The van der Waals surface area contributed by atoms with Crippen LogP contribution in [0.1, 0.15) is 25.8 Å². The molecule has 1 aromatic rings. The van der Waals surface area contributed by atoms with Gasteiger partial charge < -0.3 is 19.7 Å². The standard InChI is InChI=1S/C19H32N4O2/c1-5-9-21-19(20-6-2)23-12-10-22(11-13-23)15-16-14-17(24-3)7-8-18(16)25-4/h7-8,14H,5-6,9-13,15H2,1-4H3,(H,20,21). The molecular weight excluding hydrogens is 316 g/mol. The normalized spacial score (nSPS) is 16.0. The first kappa shape index (κ1) is 19.4. The number of ether oxygens (including phenoxy) is 2. The van der Waals surface area contributed by atoms with E-state index in [4.69, 9.17) is 14.5 Å². The Morgan fingerprint density at radius 1 is 1.12 bits per heavy atom. The lowest BCUT2D eigenvalue weighted by Crippen LogP contribution is -2.52. The first-order valence-corrected chi connectivity index (χ1v) is 9.18. The van der Waals surface area contributed by atoms with Crippen LogP contribution in [0.3, 0.4) is 0 Å². The molecule has 0 atom stereocenters. The Morgan fingerprint density at radius 2 is 1.88 bits per heavy atom. The van der Waals surface area contributed by atoms with E-state index in [1.807, 2.05) is 12.1 Å². The quantitative estimate of drug-likeness (QED) is 0.605. The van der Waals surface area contributed by atoms with Crippen LogP contribution in [-0.2, 0) is 6.54 Å². The Bertz CT molecular complexity index is 554. The molecule has 6 heteroatoms. The van der Waals surface area contributed by atoms with Crippen molar-refractivity contribution in [1.82, 2.24) is 15.1 Å². The minimum Gasteiger partial charge on any atom is -0.497 e. The number of benzene rings is 1. The van der Waals surface area contributed by atoms with Gasteiger partial charge >= 0.3 is 0 Å². The van der Waals surface area contributed by atoms with Crippen LogP contribution in [0.2, 0.25) is 0 Å². The summed E-state index contributed by atoms with van der Waals surface area (Å²) in [4.78, 5) is 9.51. The molecule has 1 fully saturated rings. The van der Waals surface area contributed by atoms with Gasteiger partial charge in [-0.2, -0.15) is 0 Å². The molecule has 0 spiro atoms. The number of hydrogen-bond donors (Lipinski definition) is 1. The van der Waals surface area contributed by atoms with Crippen molar-refractivity contribution in [3.63, 3.8) is 0 Å². The van der Waals surface area contributed by atoms with Crippen LogP contribution in [0.5, 0.6) is 11.5 Å². The largest absolute Gasteiger partial charge is 0.497 e. The highest BCUT2D eigenvalue weighted by Crippen LogP contribution is 2.25.